The number of methoxy groups -OCH3 is 1. The van der Waals surface area contributed by atoms with Gasteiger partial charge in [0.2, 0.25) is 0 Å². The molecule has 0 bridgehead atoms. The summed E-state index contributed by atoms with van der Waals surface area (Å²) in [5.41, 5.74) is 0.830. The highest BCUT2D eigenvalue weighted by Gasteiger charge is 2.30. The Morgan fingerprint density at radius 3 is 2.92 bits per heavy atom. The summed E-state index contributed by atoms with van der Waals surface area (Å²) in [7, 11) is 1.69. The second-order valence-corrected chi connectivity index (χ2v) is 4.42. The third-order valence-electron chi connectivity index (χ3n) is 2.55. The minimum absolute atomic E-state index is 0.0867. The van der Waals surface area contributed by atoms with Gasteiger partial charge in [0.1, 0.15) is 6.29 Å². The van der Waals surface area contributed by atoms with Crippen LogP contribution in [0.15, 0.2) is 10.6 Å². The van der Waals surface area contributed by atoms with Crippen LogP contribution in [0.5, 0.6) is 0 Å². The number of carbonyl (C=O) groups excluding carboxylic acids is 1. The zero-order valence-electron chi connectivity index (χ0n) is 8.10. The number of halogens is 1. The van der Waals surface area contributed by atoms with Gasteiger partial charge in [-0.15, -0.1) is 0 Å². The molecule has 3 heteroatoms. The summed E-state index contributed by atoms with van der Waals surface area (Å²) in [6.45, 7) is 2.82. The van der Waals surface area contributed by atoms with Crippen LogP contribution >= 0.6 is 11.6 Å². The highest BCUT2D eigenvalue weighted by Crippen LogP contribution is 2.39. The Kier molecular flexibility index (Phi) is 3.51. The molecule has 0 unspecified atom stereocenters. The molecule has 0 heterocycles. The second kappa shape index (κ2) is 4.25. The minimum Gasteiger partial charge on any atom is -0.384 e. The summed E-state index contributed by atoms with van der Waals surface area (Å²) in [6, 6.07) is 0. The van der Waals surface area contributed by atoms with E-state index in [4.69, 9.17) is 16.3 Å². The Morgan fingerprint density at radius 1 is 1.69 bits per heavy atom. The van der Waals surface area contributed by atoms with Crippen LogP contribution < -0.4 is 0 Å². The zero-order chi connectivity index (χ0) is 9.90. The first-order valence-electron chi connectivity index (χ1n) is 4.43. The molecule has 0 N–H and O–H groups in total. The third kappa shape index (κ3) is 2.55. The summed E-state index contributed by atoms with van der Waals surface area (Å²) in [6.07, 6.45) is 3.41. The molecule has 0 aliphatic heterocycles. The molecule has 0 spiro atoms. The monoisotopic (exact) mass is 202 g/mol. The van der Waals surface area contributed by atoms with E-state index >= 15 is 0 Å². The number of rotatable bonds is 3. The van der Waals surface area contributed by atoms with Gasteiger partial charge in [-0.25, -0.2) is 0 Å². The van der Waals surface area contributed by atoms with Crippen LogP contribution in [0.3, 0.4) is 0 Å². The number of allylic oxidation sites excluding steroid dienone is 2. The van der Waals surface area contributed by atoms with Crippen molar-refractivity contribution in [2.75, 3.05) is 13.7 Å². The fourth-order valence-electron chi connectivity index (χ4n) is 1.79. The van der Waals surface area contributed by atoms with Gasteiger partial charge in [-0.05, 0) is 24.7 Å². The molecule has 0 amide bonds. The van der Waals surface area contributed by atoms with Crippen molar-refractivity contribution in [3.8, 4) is 0 Å². The predicted molar refractivity (Wildman–Crippen MR) is 52.8 cm³/mol. The maximum Gasteiger partial charge on any atom is 0.147 e. The average Bonchev–Trinajstić information content (AvgIpc) is 2.10. The highest BCUT2D eigenvalue weighted by atomic mass is 35.5. The maximum absolute atomic E-state index is 10.7. The summed E-state index contributed by atoms with van der Waals surface area (Å²) >= 11 is 5.92. The van der Waals surface area contributed by atoms with E-state index in [-0.39, 0.29) is 5.41 Å². The molecule has 0 saturated carbocycles. The van der Waals surface area contributed by atoms with E-state index in [1.807, 2.05) is 0 Å². The number of carbonyl (C=O) groups is 1. The summed E-state index contributed by atoms with van der Waals surface area (Å²) in [4.78, 5) is 10.7. The second-order valence-electron chi connectivity index (χ2n) is 3.97. The van der Waals surface area contributed by atoms with Crippen LogP contribution in [0.4, 0.5) is 0 Å². The molecular weight excluding hydrogens is 188 g/mol. The molecular formula is C10H15ClO2. The molecule has 0 fully saturated rings. The Balaban J connectivity index is 2.73. The van der Waals surface area contributed by atoms with Crippen LogP contribution in [-0.4, -0.2) is 20.0 Å². The van der Waals surface area contributed by atoms with Gasteiger partial charge in [0.25, 0.3) is 0 Å². The van der Waals surface area contributed by atoms with Gasteiger partial charge in [0, 0.05) is 17.7 Å². The van der Waals surface area contributed by atoms with Gasteiger partial charge in [0.15, 0.2) is 0 Å². The van der Waals surface area contributed by atoms with Crippen LogP contribution in [0.25, 0.3) is 0 Å². The third-order valence-corrected chi connectivity index (χ3v) is 2.98. The summed E-state index contributed by atoms with van der Waals surface area (Å²) < 4.78 is 5.13. The highest BCUT2D eigenvalue weighted by molar-refractivity contribution is 6.31. The van der Waals surface area contributed by atoms with Crippen molar-refractivity contribution in [2.45, 2.75) is 26.2 Å². The lowest BCUT2D eigenvalue weighted by Gasteiger charge is -2.32. The first-order chi connectivity index (χ1) is 6.11. The van der Waals surface area contributed by atoms with E-state index in [0.29, 0.717) is 6.61 Å². The van der Waals surface area contributed by atoms with Crippen molar-refractivity contribution in [1.82, 2.24) is 0 Å². The van der Waals surface area contributed by atoms with Crippen molar-refractivity contribution in [3.63, 3.8) is 0 Å². The fourth-order valence-corrected chi connectivity index (χ4v) is 2.00. The average molecular weight is 203 g/mol. The van der Waals surface area contributed by atoms with Crippen molar-refractivity contribution >= 4 is 17.9 Å². The molecule has 0 radical (unpaired) electrons. The first kappa shape index (κ1) is 10.7. The Hall–Kier alpha value is -0.340. The van der Waals surface area contributed by atoms with Crippen molar-refractivity contribution in [1.29, 1.82) is 0 Å². The number of hydrogen-bond acceptors (Lipinski definition) is 2. The molecule has 1 atom stereocenters. The van der Waals surface area contributed by atoms with E-state index in [0.717, 1.165) is 36.2 Å². The van der Waals surface area contributed by atoms with Crippen molar-refractivity contribution in [3.05, 3.63) is 10.6 Å². The van der Waals surface area contributed by atoms with Gasteiger partial charge in [-0.2, -0.15) is 0 Å². The van der Waals surface area contributed by atoms with Crippen molar-refractivity contribution in [2.24, 2.45) is 5.41 Å². The first-order valence-corrected chi connectivity index (χ1v) is 4.81. The molecule has 74 valence electrons. The van der Waals surface area contributed by atoms with E-state index in [1.165, 1.54) is 0 Å². The fraction of sp³-hybridized carbons (Fsp3) is 0.700. The SMILES string of the molecule is COC[C@@]1(C)CCC(Cl)=C(C=O)C1. The molecule has 1 rings (SSSR count). The van der Waals surface area contributed by atoms with Crippen LogP contribution in [-0.2, 0) is 9.53 Å². The Morgan fingerprint density at radius 2 is 2.38 bits per heavy atom. The molecule has 1 aliphatic carbocycles. The lowest BCUT2D eigenvalue weighted by molar-refractivity contribution is -0.105. The Labute approximate surface area is 83.9 Å². The lowest BCUT2D eigenvalue weighted by Crippen LogP contribution is -2.26. The largest absolute Gasteiger partial charge is 0.384 e. The van der Waals surface area contributed by atoms with Crippen LogP contribution in [0.2, 0.25) is 0 Å². The van der Waals surface area contributed by atoms with Gasteiger partial charge < -0.3 is 4.74 Å². The van der Waals surface area contributed by atoms with Gasteiger partial charge >= 0.3 is 0 Å². The number of ether oxygens (including phenoxy) is 1. The minimum atomic E-state index is 0.0867. The quantitative estimate of drug-likeness (QED) is 0.658. The molecule has 1 aliphatic rings. The number of hydrogen-bond donors (Lipinski definition) is 0. The van der Waals surface area contributed by atoms with E-state index in [9.17, 15) is 4.79 Å². The summed E-state index contributed by atoms with van der Waals surface area (Å²) in [5, 5.41) is 0.726. The molecule has 0 aromatic rings. The van der Waals surface area contributed by atoms with E-state index in [1.54, 1.807) is 7.11 Å². The normalized spacial score (nSPS) is 29.2. The molecule has 13 heavy (non-hydrogen) atoms. The topological polar surface area (TPSA) is 26.3 Å². The van der Waals surface area contributed by atoms with Crippen LogP contribution in [0, 0.1) is 5.41 Å². The zero-order valence-corrected chi connectivity index (χ0v) is 8.86. The smallest absolute Gasteiger partial charge is 0.147 e. The van der Waals surface area contributed by atoms with Gasteiger partial charge in [-0.1, -0.05) is 18.5 Å². The molecule has 2 nitrogen and oxygen atoms in total. The predicted octanol–water partition coefficient (Wildman–Crippen LogP) is 2.51. The Bertz CT molecular complexity index is 235. The van der Waals surface area contributed by atoms with Gasteiger partial charge in [0.05, 0.1) is 6.61 Å². The van der Waals surface area contributed by atoms with Crippen LogP contribution in [0.1, 0.15) is 26.2 Å². The van der Waals surface area contributed by atoms with Crippen molar-refractivity contribution < 1.29 is 9.53 Å². The van der Waals surface area contributed by atoms with E-state index in [2.05, 4.69) is 6.92 Å². The summed E-state index contributed by atoms with van der Waals surface area (Å²) in [5.74, 6) is 0. The maximum atomic E-state index is 10.7. The van der Waals surface area contributed by atoms with Gasteiger partial charge in [-0.3, -0.25) is 4.79 Å². The molecule has 0 aromatic carbocycles. The lowest BCUT2D eigenvalue weighted by atomic mass is 9.76. The van der Waals surface area contributed by atoms with E-state index < -0.39 is 0 Å². The molecule has 0 saturated heterocycles. The standard InChI is InChI=1S/C10H15ClO2/c1-10(7-13-2)4-3-9(11)8(5-10)6-12/h6H,3-5,7H2,1-2H3/t10-/m0/s1. The number of aldehydes is 1. The molecule has 0 aromatic heterocycles.